The second-order valence-corrected chi connectivity index (χ2v) is 3.05. The van der Waals surface area contributed by atoms with Crippen LogP contribution in [0.1, 0.15) is 11.1 Å². The van der Waals surface area contributed by atoms with E-state index >= 15 is 0 Å². The fraction of sp³-hybridized carbons (Fsp3) is 0.200. The van der Waals surface area contributed by atoms with E-state index in [9.17, 15) is 4.79 Å². The lowest BCUT2D eigenvalue weighted by molar-refractivity contribution is 0.121. The first kappa shape index (κ1) is 10.9. The van der Waals surface area contributed by atoms with Crippen LogP contribution in [0, 0.1) is 13.8 Å². The summed E-state index contributed by atoms with van der Waals surface area (Å²) in [5.74, 6) is 0.138. The molecule has 0 fully saturated rings. The standard InChI is InChI=1S/C10H9ClO3/c1-6-4-5-7(2)9(8(6)11)14-10(12)13-3/h2,4-5H,1,3H3. The Labute approximate surface area is 87.6 Å². The van der Waals surface area contributed by atoms with Crippen LogP contribution in [0.4, 0.5) is 4.79 Å². The molecule has 1 aromatic carbocycles. The monoisotopic (exact) mass is 212 g/mol. The maximum Gasteiger partial charge on any atom is 0.513 e. The maximum atomic E-state index is 10.8. The van der Waals surface area contributed by atoms with Gasteiger partial charge in [0, 0.05) is 12.5 Å². The fourth-order valence-corrected chi connectivity index (χ4v) is 1.11. The van der Waals surface area contributed by atoms with Gasteiger partial charge < -0.3 is 9.47 Å². The lowest BCUT2D eigenvalue weighted by Crippen LogP contribution is -2.08. The first-order valence-corrected chi connectivity index (χ1v) is 4.24. The van der Waals surface area contributed by atoms with E-state index in [1.807, 2.05) is 0 Å². The Balaban J connectivity index is 3.06. The number of methoxy groups -OCH3 is 1. The Morgan fingerprint density at radius 1 is 1.50 bits per heavy atom. The smallest absolute Gasteiger partial charge is 0.437 e. The van der Waals surface area contributed by atoms with Crippen LogP contribution in [-0.4, -0.2) is 13.3 Å². The van der Waals surface area contributed by atoms with Gasteiger partial charge in [-0.3, -0.25) is 0 Å². The van der Waals surface area contributed by atoms with E-state index < -0.39 is 6.16 Å². The summed E-state index contributed by atoms with van der Waals surface area (Å²) in [6.07, 6.45) is -0.843. The van der Waals surface area contributed by atoms with E-state index in [0.29, 0.717) is 10.6 Å². The summed E-state index contributed by atoms with van der Waals surface area (Å²) in [6, 6.07) is 3.35. The lowest BCUT2D eigenvalue weighted by atomic mass is 10.1. The van der Waals surface area contributed by atoms with Gasteiger partial charge in [-0.25, -0.2) is 4.79 Å². The summed E-state index contributed by atoms with van der Waals surface area (Å²) >= 11 is 5.89. The third kappa shape index (κ3) is 2.17. The van der Waals surface area contributed by atoms with Gasteiger partial charge in [0.1, 0.15) is 0 Å². The molecule has 0 aliphatic heterocycles. The highest BCUT2D eigenvalue weighted by molar-refractivity contribution is 6.33. The van der Waals surface area contributed by atoms with Gasteiger partial charge >= 0.3 is 6.16 Å². The number of carbonyl (C=O) groups is 1. The third-order valence-electron chi connectivity index (χ3n) is 1.67. The minimum absolute atomic E-state index is 0.138. The summed E-state index contributed by atoms with van der Waals surface area (Å²) in [6.45, 7) is 7.36. The van der Waals surface area contributed by atoms with E-state index in [2.05, 4.69) is 4.74 Å². The van der Waals surface area contributed by atoms with Crippen molar-refractivity contribution in [2.45, 2.75) is 6.92 Å². The molecule has 0 aromatic heterocycles. The molecule has 4 heteroatoms. The number of halogens is 1. The number of hydrogen-bond acceptors (Lipinski definition) is 3. The molecule has 0 heterocycles. The minimum Gasteiger partial charge on any atom is -0.437 e. The van der Waals surface area contributed by atoms with Gasteiger partial charge in [-0.15, -0.1) is 0 Å². The molecule has 0 N–H and O–H groups in total. The molecule has 0 saturated carbocycles. The van der Waals surface area contributed by atoms with Crippen LogP contribution in [0.3, 0.4) is 0 Å². The largest absolute Gasteiger partial charge is 0.513 e. The van der Waals surface area contributed by atoms with Crippen molar-refractivity contribution in [3.63, 3.8) is 0 Å². The zero-order valence-corrected chi connectivity index (χ0v) is 8.59. The molecule has 0 atom stereocenters. The van der Waals surface area contributed by atoms with Crippen molar-refractivity contribution in [3.05, 3.63) is 35.2 Å². The molecule has 2 radical (unpaired) electrons. The number of rotatable bonds is 1. The molecule has 0 unspecified atom stereocenters. The summed E-state index contributed by atoms with van der Waals surface area (Å²) in [7, 11) is 1.21. The van der Waals surface area contributed by atoms with Gasteiger partial charge in [0.15, 0.2) is 5.75 Å². The number of carbonyl (C=O) groups excluding carboxylic acids is 1. The van der Waals surface area contributed by atoms with Crippen molar-refractivity contribution in [2.24, 2.45) is 0 Å². The van der Waals surface area contributed by atoms with E-state index in [-0.39, 0.29) is 5.75 Å². The van der Waals surface area contributed by atoms with Crippen LogP contribution in [-0.2, 0) is 4.74 Å². The van der Waals surface area contributed by atoms with Crippen LogP contribution in [0.25, 0.3) is 0 Å². The molecule has 1 rings (SSSR count). The Hall–Kier alpha value is -1.22. The summed E-state index contributed by atoms with van der Waals surface area (Å²) < 4.78 is 9.12. The Morgan fingerprint density at radius 3 is 2.71 bits per heavy atom. The molecule has 3 nitrogen and oxygen atoms in total. The normalized spacial score (nSPS) is 9.71. The van der Waals surface area contributed by atoms with E-state index in [4.69, 9.17) is 23.3 Å². The Bertz CT molecular complexity index is 361. The molecule has 0 bridgehead atoms. The van der Waals surface area contributed by atoms with Crippen molar-refractivity contribution in [2.75, 3.05) is 7.11 Å². The third-order valence-corrected chi connectivity index (χ3v) is 2.14. The zero-order chi connectivity index (χ0) is 10.7. The molecule has 14 heavy (non-hydrogen) atoms. The quantitative estimate of drug-likeness (QED) is 0.531. The number of hydrogen-bond donors (Lipinski definition) is 0. The molecular formula is C10H9ClO3. The molecular weight excluding hydrogens is 204 g/mol. The van der Waals surface area contributed by atoms with Crippen molar-refractivity contribution >= 4 is 17.8 Å². The lowest BCUT2D eigenvalue weighted by Gasteiger charge is -2.09. The van der Waals surface area contributed by atoms with Crippen molar-refractivity contribution in [3.8, 4) is 5.75 Å². The summed E-state index contributed by atoms with van der Waals surface area (Å²) in [4.78, 5) is 10.8. The molecule has 0 amide bonds. The van der Waals surface area contributed by atoms with Gasteiger partial charge in [0.2, 0.25) is 0 Å². The van der Waals surface area contributed by atoms with Crippen LogP contribution < -0.4 is 4.74 Å². The number of benzene rings is 1. The van der Waals surface area contributed by atoms with Crippen LogP contribution in [0.2, 0.25) is 5.02 Å². The van der Waals surface area contributed by atoms with Crippen LogP contribution >= 0.6 is 11.6 Å². The highest BCUT2D eigenvalue weighted by atomic mass is 35.5. The highest BCUT2D eigenvalue weighted by Crippen LogP contribution is 2.31. The second-order valence-electron chi connectivity index (χ2n) is 2.67. The van der Waals surface area contributed by atoms with E-state index in [0.717, 1.165) is 5.56 Å². The van der Waals surface area contributed by atoms with Gasteiger partial charge in [-0.1, -0.05) is 23.7 Å². The highest BCUT2D eigenvalue weighted by Gasteiger charge is 2.12. The SMILES string of the molecule is [CH]c1ccc(C)c(Cl)c1OC(=O)OC. The van der Waals surface area contributed by atoms with Gasteiger partial charge in [0.25, 0.3) is 0 Å². The minimum atomic E-state index is -0.843. The zero-order valence-electron chi connectivity index (χ0n) is 7.83. The topological polar surface area (TPSA) is 35.5 Å². The van der Waals surface area contributed by atoms with Crippen molar-refractivity contribution < 1.29 is 14.3 Å². The van der Waals surface area contributed by atoms with Crippen LogP contribution in [0.5, 0.6) is 5.75 Å². The van der Waals surface area contributed by atoms with Gasteiger partial charge in [-0.2, -0.15) is 0 Å². The Morgan fingerprint density at radius 2 is 2.14 bits per heavy atom. The molecule has 0 spiro atoms. The van der Waals surface area contributed by atoms with Gasteiger partial charge in [-0.05, 0) is 12.5 Å². The number of aryl methyl sites for hydroxylation is 1. The second kappa shape index (κ2) is 4.33. The maximum absolute atomic E-state index is 10.8. The van der Waals surface area contributed by atoms with E-state index in [1.54, 1.807) is 19.1 Å². The van der Waals surface area contributed by atoms with Crippen molar-refractivity contribution in [1.29, 1.82) is 0 Å². The number of ether oxygens (including phenoxy) is 2. The molecule has 0 aliphatic carbocycles. The van der Waals surface area contributed by atoms with Gasteiger partial charge in [0.05, 0.1) is 12.1 Å². The fourth-order valence-electron chi connectivity index (χ4n) is 0.898. The first-order chi connectivity index (χ1) is 6.56. The molecule has 74 valence electrons. The average Bonchev–Trinajstić information content (AvgIpc) is 2.18. The average molecular weight is 213 g/mol. The predicted molar refractivity (Wildman–Crippen MR) is 52.6 cm³/mol. The van der Waals surface area contributed by atoms with Crippen molar-refractivity contribution in [1.82, 2.24) is 0 Å². The summed E-state index contributed by atoms with van der Waals surface area (Å²) in [5.41, 5.74) is 1.07. The molecule has 1 aromatic rings. The Kier molecular flexibility index (Phi) is 3.36. The van der Waals surface area contributed by atoms with Crippen LogP contribution in [0.15, 0.2) is 12.1 Å². The van der Waals surface area contributed by atoms with E-state index in [1.165, 1.54) is 7.11 Å². The molecule has 0 saturated heterocycles. The molecule has 0 aliphatic rings. The first-order valence-electron chi connectivity index (χ1n) is 3.86. The summed E-state index contributed by atoms with van der Waals surface area (Å²) in [5, 5.41) is 0.315. The predicted octanol–water partition coefficient (Wildman–Crippen LogP) is 2.85.